The van der Waals surface area contributed by atoms with Crippen molar-refractivity contribution in [1.82, 2.24) is 4.31 Å². The van der Waals surface area contributed by atoms with Gasteiger partial charge in [-0.3, -0.25) is 0 Å². The quantitative estimate of drug-likeness (QED) is 0.836. The Morgan fingerprint density at radius 3 is 2.70 bits per heavy atom. The molecule has 1 aromatic carbocycles. The van der Waals surface area contributed by atoms with E-state index in [2.05, 4.69) is 0 Å². The topological polar surface area (TPSA) is 55.8 Å². The maximum atomic E-state index is 12.2. The van der Waals surface area contributed by atoms with E-state index in [1.807, 2.05) is 6.07 Å². The van der Waals surface area contributed by atoms with Gasteiger partial charge in [-0.2, -0.15) is 13.2 Å². The van der Waals surface area contributed by atoms with Gasteiger partial charge in [0.1, 0.15) is 0 Å². The summed E-state index contributed by atoms with van der Waals surface area (Å²) in [5, 5.41) is 0. The van der Waals surface area contributed by atoms with Gasteiger partial charge in [0, 0.05) is 13.1 Å². The molecule has 3 rings (SSSR count). The maximum Gasteiger partial charge on any atom is 0.390 e. The first-order valence-electron chi connectivity index (χ1n) is 7.19. The van der Waals surface area contributed by atoms with E-state index in [1.165, 1.54) is 0 Å². The highest BCUT2D eigenvalue weighted by atomic mass is 32.2. The molecule has 9 heteroatoms. The predicted molar refractivity (Wildman–Crippen MR) is 76.0 cm³/mol. The number of rotatable bonds is 4. The van der Waals surface area contributed by atoms with Gasteiger partial charge in [0.15, 0.2) is 11.5 Å². The zero-order chi connectivity index (χ0) is 16.7. The van der Waals surface area contributed by atoms with Crippen molar-refractivity contribution in [2.75, 3.05) is 25.6 Å². The molecule has 0 saturated carbocycles. The molecule has 1 unspecified atom stereocenters. The summed E-state index contributed by atoms with van der Waals surface area (Å²) >= 11 is 0. The molecular formula is C14H16F3NO4S. The van der Waals surface area contributed by atoms with Gasteiger partial charge >= 0.3 is 6.18 Å². The molecule has 0 aliphatic carbocycles. The van der Waals surface area contributed by atoms with Crippen molar-refractivity contribution in [3.63, 3.8) is 0 Å². The molecule has 1 aromatic rings. The molecule has 2 heterocycles. The second-order valence-corrected chi connectivity index (χ2v) is 7.73. The third-order valence-electron chi connectivity index (χ3n) is 4.06. The summed E-state index contributed by atoms with van der Waals surface area (Å²) < 4.78 is 72.4. The fourth-order valence-corrected chi connectivity index (χ4v) is 4.33. The number of hydrogen-bond acceptors (Lipinski definition) is 4. The number of ether oxygens (including phenoxy) is 2. The van der Waals surface area contributed by atoms with Crippen molar-refractivity contribution in [3.05, 3.63) is 23.8 Å². The molecule has 23 heavy (non-hydrogen) atoms. The van der Waals surface area contributed by atoms with Gasteiger partial charge in [0.05, 0.1) is 12.2 Å². The minimum absolute atomic E-state index is 0.0508. The molecule has 0 spiro atoms. The van der Waals surface area contributed by atoms with Crippen molar-refractivity contribution in [2.45, 2.75) is 24.9 Å². The van der Waals surface area contributed by atoms with Crippen LogP contribution in [0.15, 0.2) is 18.2 Å². The number of alkyl halides is 3. The Balaban J connectivity index is 1.66. The number of hydrogen-bond donors (Lipinski definition) is 0. The van der Waals surface area contributed by atoms with Crippen LogP contribution in [0.25, 0.3) is 0 Å². The lowest BCUT2D eigenvalue weighted by Gasteiger charge is -2.17. The standard InChI is InChI=1S/C14H16F3NO4S/c15-14(16,17)4-6-23(19,20)18-5-3-11(8-18)10-1-2-12-13(7-10)22-9-21-12/h1-2,7,11H,3-6,8-9H2. The number of sulfonamides is 1. The molecule has 1 saturated heterocycles. The van der Waals surface area contributed by atoms with Gasteiger partial charge in [-0.25, -0.2) is 12.7 Å². The third kappa shape index (κ3) is 3.72. The lowest BCUT2D eigenvalue weighted by Crippen LogP contribution is -2.32. The van der Waals surface area contributed by atoms with Gasteiger partial charge in [-0.05, 0) is 30.0 Å². The molecule has 0 aromatic heterocycles. The van der Waals surface area contributed by atoms with Crippen LogP contribution in [0.1, 0.15) is 24.3 Å². The smallest absolute Gasteiger partial charge is 0.390 e. The van der Waals surface area contributed by atoms with Crippen LogP contribution in [-0.2, 0) is 10.0 Å². The SMILES string of the molecule is O=S(=O)(CCC(F)(F)F)N1CCC(c2ccc3c(c2)OCO3)C1. The normalized spacial score (nSPS) is 21.8. The van der Waals surface area contributed by atoms with E-state index in [4.69, 9.17) is 9.47 Å². The van der Waals surface area contributed by atoms with Crippen LogP contribution in [0.5, 0.6) is 11.5 Å². The second kappa shape index (κ2) is 5.86. The Bertz CT molecular complexity index is 690. The minimum atomic E-state index is -4.47. The van der Waals surface area contributed by atoms with Crippen LogP contribution >= 0.6 is 0 Å². The molecule has 5 nitrogen and oxygen atoms in total. The van der Waals surface area contributed by atoms with Crippen molar-refractivity contribution in [3.8, 4) is 11.5 Å². The van der Waals surface area contributed by atoms with Crippen molar-refractivity contribution < 1.29 is 31.1 Å². The Morgan fingerprint density at radius 2 is 1.96 bits per heavy atom. The van der Waals surface area contributed by atoms with Gasteiger partial charge in [0.25, 0.3) is 0 Å². The highest BCUT2D eigenvalue weighted by Crippen LogP contribution is 2.37. The summed E-state index contributed by atoms with van der Waals surface area (Å²) in [4.78, 5) is 0. The summed E-state index contributed by atoms with van der Waals surface area (Å²) in [6, 6.07) is 5.40. The Kier molecular flexibility index (Phi) is 4.18. The van der Waals surface area contributed by atoms with E-state index in [0.717, 1.165) is 9.87 Å². The summed E-state index contributed by atoms with van der Waals surface area (Å²) in [6.45, 7) is 0.584. The molecular weight excluding hydrogens is 335 g/mol. The van der Waals surface area contributed by atoms with Crippen LogP contribution in [-0.4, -0.2) is 44.5 Å². The monoisotopic (exact) mass is 351 g/mol. The van der Waals surface area contributed by atoms with Crippen LogP contribution in [0.4, 0.5) is 13.2 Å². The average Bonchev–Trinajstić information content (AvgIpc) is 3.13. The minimum Gasteiger partial charge on any atom is -0.454 e. The van der Waals surface area contributed by atoms with Crippen LogP contribution < -0.4 is 9.47 Å². The van der Waals surface area contributed by atoms with Crippen molar-refractivity contribution in [1.29, 1.82) is 0 Å². The Morgan fingerprint density at radius 1 is 1.22 bits per heavy atom. The van der Waals surface area contributed by atoms with Crippen LogP contribution in [0, 0.1) is 0 Å². The zero-order valence-corrected chi connectivity index (χ0v) is 13.0. The maximum absolute atomic E-state index is 12.2. The molecule has 0 amide bonds. The molecule has 0 N–H and O–H groups in total. The number of nitrogens with zero attached hydrogens (tertiary/aromatic N) is 1. The zero-order valence-electron chi connectivity index (χ0n) is 12.2. The number of benzene rings is 1. The first-order valence-corrected chi connectivity index (χ1v) is 8.80. The van der Waals surface area contributed by atoms with Gasteiger partial charge in [-0.1, -0.05) is 6.07 Å². The lowest BCUT2D eigenvalue weighted by molar-refractivity contribution is -0.130. The lowest BCUT2D eigenvalue weighted by atomic mass is 9.98. The Hall–Kier alpha value is -1.48. The molecule has 128 valence electrons. The van der Waals surface area contributed by atoms with E-state index in [1.54, 1.807) is 12.1 Å². The highest BCUT2D eigenvalue weighted by molar-refractivity contribution is 7.89. The Labute approximate surface area is 132 Å². The first-order chi connectivity index (χ1) is 10.7. The summed E-state index contributed by atoms with van der Waals surface area (Å²) in [7, 11) is -3.89. The molecule has 1 atom stereocenters. The first kappa shape index (κ1) is 16.4. The largest absolute Gasteiger partial charge is 0.454 e. The van der Waals surface area contributed by atoms with E-state index in [9.17, 15) is 21.6 Å². The van der Waals surface area contributed by atoms with E-state index in [0.29, 0.717) is 17.9 Å². The van der Waals surface area contributed by atoms with E-state index < -0.39 is 28.4 Å². The van der Waals surface area contributed by atoms with Gasteiger partial charge in [-0.15, -0.1) is 0 Å². The molecule has 2 aliphatic rings. The average molecular weight is 351 g/mol. The van der Waals surface area contributed by atoms with E-state index >= 15 is 0 Å². The molecule has 2 aliphatic heterocycles. The van der Waals surface area contributed by atoms with Gasteiger partial charge < -0.3 is 9.47 Å². The molecule has 1 fully saturated rings. The van der Waals surface area contributed by atoms with Gasteiger partial charge in [0.2, 0.25) is 16.8 Å². The summed E-state index contributed by atoms with van der Waals surface area (Å²) in [5.74, 6) is 0.303. The molecule has 0 bridgehead atoms. The predicted octanol–water partition coefficient (Wildman–Crippen LogP) is 2.49. The van der Waals surface area contributed by atoms with Crippen LogP contribution in [0.2, 0.25) is 0 Å². The van der Waals surface area contributed by atoms with Crippen molar-refractivity contribution in [2.24, 2.45) is 0 Å². The fourth-order valence-electron chi connectivity index (χ4n) is 2.79. The van der Waals surface area contributed by atoms with E-state index in [-0.39, 0.29) is 25.8 Å². The van der Waals surface area contributed by atoms with Crippen LogP contribution in [0.3, 0.4) is 0 Å². The summed E-state index contributed by atoms with van der Waals surface area (Å²) in [6.07, 6.45) is -5.21. The number of fused-ring (bicyclic) bond motifs is 1. The third-order valence-corrected chi connectivity index (χ3v) is 5.89. The highest BCUT2D eigenvalue weighted by Gasteiger charge is 2.36. The second-order valence-electron chi connectivity index (χ2n) is 5.64. The fraction of sp³-hybridized carbons (Fsp3) is 0.571. The number of halogens is 3. The van der Waals surface area contributed by atoms with Crippen molar-refractivity contribution >= 4 is 10.0 Å². The molecule has 0 radical (unpaired) electrons. The summed E-state index contributed by atoms with van der Waals surface area (Å²) in [5.41, 5.74) is 0.905.